The van der Waals surface area contributed by atoms with Gasteiger partial charge in [-0.25, -0.2) is 9.37 Å². The average molecular weight is 487 g/mol. The topological polar surface area (TPSA) is 106 Å². The number of benzene rings is 1. The number of hydrogen-bond acceptors (Lipinski definition) is 7. The molecule has 0 saturated heterocycles. The van der Waals surface area contributed by atoms with Crippen LogP contribution in [0.1, 0.15) is 29.4 Å². The summed E-state index contributed by atoms with van der Waals surface area (Å²) >= 11 is 0. The standard InChI is InChI=1S/C24H24F3N5O3/c1-4-21(33)17-11-30-22(32-24(34)14(8-25)9-26)7-18(17)31-19-6-15(27)5-16(23(19)35-3)20-12-28-13(2)10-29-20/h5-7,10-12,14H,4,8-9H2,1-3H3,(H2,30,31,32,34). The number of carbonyl (C=O) groups is 2. The van der Waals surface area contributed by atoms with Crippen molar-refractivity contribution in [3.05, 3.63) is 53.9 Å². The Morgan fingerprint density at radius 1 is 1.03 bits per heavy atom. The molecule has 0 fully saturated rings. The van der Waals surface area contributed by atoms with Gasteiger partial charge in [-0.1, -0.05) is 6.92 Å². The largest absolute Gasteiger partial charge is 0.494 e. The Morgan fingerprint density at radius 3 is 2.37 bits per heavy atom. The minimum atomic E-state index is -1.48. The van der Waals surface area contributed by atoms with Gasteiger partial charge >= 0.3 is 0 Å². The van der Waals surface area contributed by atoms with Crippen molar-refractivity contribution in [2.45, 2.75) is 20.3 Å². The van der Waals surface area contributed by atoms with E-state index < -0.39 is 31.0 Å². The summed E-state index contributed by atoms with van der Waals surface area (Å²) < 4.78 is 45.9. The molecule has 11 heteroatoms. The molecule has 0 spiro atoms. The fourth-order valence-corrected chi connectivity index (χ4v) is 3.22. The fourth-order valence-electron chi connectivity index (χ4n) is 3.22. The third-order valence-electron chi connectivity index (χ3n) is 5.10. The first kappa shape index (κ1) is 25.6. The monoisotopic (exact) mass is 487 g/mol. The van der Waals surface area contributed by atoms with E-state index in [1.165, 1.54) is 43.9 Å². The van der Waals surface area contributed by atoms with Gasteiger partial charge in [0, 0.05) is 36.5 Å². The summed E-state index contributed by atoms with van der Waals surface area (Å²) in [4.78, 5) is 37.1. The molecule has 0 atom stereocenters. The number of aryl methyl sites for hydroxylation is 1. The molecular formula is C24H24F3N5O3. The molecule has 0 aliphatic carbocycles. The second-order valence-electron chi connectivity index (χ2n) is 7.59. The summed E-state index contributed by atoms with van der Waals surface area (Å²) in [6, 6.07) is 3.74. The van der Waals surface area contributed by atoms with Crippen LogP contribution < -0.4 is 15.4 Å². The summed E-state index contributed by atoms with van der Waals surface area (Å²) in [7, 11) is 1.40. The molecule has 0 aliphatic heterocycles. The molecule has 0 radical (unpaired) electrons. The number of aromatic nitrogens is 3. The number of halogens is 3. The molecule has 8 nitrogen and oxygen atoms in total. The Labute approximate surface area is 200 Å². The fraction of sp³-hybridized carbons (Fsp3) is 0.292. The summed E-state index contributed by atoms with van der Waals surface area (Å²) in [5.74, 6) is -3.07. The van der Waals surface area contributed by atoms with Gasteiger partial charge < -0.3 is 15.4 Å². The highest BCUT2D eigenvalue weighted by molar-refractivity contribution is 6.02. The first-order valence-electron chi connectivity index (χ1n) is 10.7. The molecule has 1 aromatic carbocycles. The summed E-state index contributed by atoms with van der Waals surface area (Å²) in [5, 5.41) is 5.30. The minimum Gasteiger partial charge on any atom is -0.494 e. The number of amides is 1. The number of rotatable bonds is 10. The quantitative estimate of drug-likeness (QED) is 0.395. The first-order chi connectivity index (χ1) is 16.8. The van der Waals surface area contributed by atoms with Crippen molar-refractivity contribution in [3.63, 3.8) is 0 Å². The van der Waals surface area contributed by atoms with Crippen LogP contribution in [0.25, 0.3) is 11.3 Å². The summed E-state index contributed by atoms with van der Waals surface area (Å²) in [5.41, 5.74) is 1.89. The number of alkyl halides is 2. The van der Waals surface area contributed by atoms with E-state index in [1.54, 1.807) is 13.8 Å². The number of hydrogen-bond donors (Lipinski definition) is 2. The van der Waals surface area contributed by atoms with Gasteiger partial charge in [-0.15, -0.1) is 0 Å². The molecule has 0 saturated carbocycles. The minimum absolute atomic E-state index is 0.0444. The lowest BCUT2D eigenvalue weighted by molar-refractivity contribution is -0.120. The Kier molecular flexibility index (Phi) is 8.34. The number of anilines is 3. The molecule has 35 heavy (non-hydrogen) atoms. The van der Waals surface area contributed by atoms with Crippen molar-refractivity contribution in [2.75, 3.05) is 31.1 Å². The molecule has 0 aliphatic rings. The second-order valence-corrected chi connectivity index (χ2v) is 7.59. The zero-order chi connectivity index (χ0) is 25.5. The van der Waals surface area contributed by atoms with Crippen molar-refractivity contribution >= 4 is 28.9 Å². The van der Waals surface area contributed by atoms with Crippen LogP contribution in [0.4, 0.5) is 30.4 Å². The number of nitrogens with one attached hydrogen (secondary N) is 2. The van der Waals surface area contributed by atoms with E-state index in [2.05, 4.69) is 25.6 Å². The number of ketones is 1. The van der Waals surface area contributed by atoms with E-state index in [0.29, 0.717) is 17.0 Å². The molecule has 2 aromatic heterocycles. The van der Waals surface area contributed by atoms with E-state index in [1.807, 2.05) is 0 Å². The van der Waals surface area contributed by atoms with Gasteiger partial charge in [-0.2, -0.15) is 0 Å². The van der Waals surface area contributed by atoms with Crippen molar-refractivity contribution in [1.82, 2.24) is 15.0 Å². The van der Waals surface area contributed by atoms with Crippen molar-refractivity contribution in [3.8, 4) is 17.0 Å². The maximum Gasteiger partial charge on any atom is 0.233 e. The average Bonchev–Trinajstić information content (AvgIpc) is 2.84. The Balaban J connectivity index is 2.06. The predicted molar refractivity (Wildman–Crippen MR) is 125 cm³/mol. The van der Waals surface area contributed by atoms with Crippen LogP contribution in [-0.4, -0.2) is 47.1 Å². The lowest BCUT2D eigenvalue weighted by atomic mass is 10.1. The first-order valence-corrected chi connectivity index (χ1v) is 10.7. The molecular weight excluding hydrogens is 463 g/mol. The molecule has 2 N–H and O–H groups in total. The number of pyridine rings is 1. The van der Waals surface area contributed by atoms with Gasteiger partial charge in [0.2, 0.25) is 5.91 Å². The van der Waals surface area contributed by atoms with Gasteiger partial charge in [0.05, 0.1) is 47.6 Å². The second kappa shape index (κ2) is 11.4. The maximum absolute atomic E-state index is 14.6. The lowest BCUT2D eigenvalue weighted by Crippen LogP contribution is -2.26. The number of nitrogens with zero attached hydrogens (tertiary/aromatic N) is 3. The number of Topliss-reactive ketones (excluding diaryl/α,β-unsaturated/α-hetero) is 1. The van der Waals surface area contributed by atoms with Crippen LogP contribution in [0, 0.1) is 18.7 Å². The van der Waals surface area contributed by atoms with Gasteiger partial charge in [-0.05, 0) is 13.0 Å². The molecule has 184 valence electrons. The van der Waals surface area contributed by atoms with Crippen LogP contribution in [0.2, 0.25) is 0 Å². The zero-order valence-electron chi connectivity index (χ0n) is 19.4. The lowest BCUT2D eigenvalue weighted by Gasteiger charge is -2.18. The molecule has 3 aromatic rings. The zero-order valence-corrected chi connectivity index (χ0v) is 19.4. The third-order valence-corrected chi connectivity index (χ3v) is 5.10. The molecule has 3 rings (SSSR count). The highest BCUT2D eigenvalue weighted by Gasteiger charge is 2.21. The van der Waals surface area contributed by atoms with Gasteiger partial charge in [0.15, 0.2) is 11.5 Å². The van der Waals surface area contributed by atoms with Gasteiger partial charge in [0.1, 0.15) is 25.0 Å². The van der Waals surface area contributed by atoms with Crippen LogP contribution >= 0.6 is 0 Å². The molecule has 1 amide bonds. The number of carbonyl (C=O) groups excluding carboxylic acids is 2. The van der Waals surface area contributed by atoms with E-state index in [0.717, 1.165) is 0 Å². The predicted octanol–water partition coefficient (Wildman–Crippen LogP) is 4.82. The van der Waals surface area contributed by atoms with Crippen LogP contribution in [-0.2, 0) is 4.79 Å². The van der Waals surface area contributed by atoms with Crippen molar-refractivity contribution < 1.29 is 27.5 Å². The van der Waals surface area contributed by atoms with Gasteiger partial charge in [-0.3, -0.25) is 28.3 Å². The SMILES string of the molecule is CCC(=O)c1cnc(NC(=O)C(CF)CF)cc1Nc1cc(F)cc(-c2cnc(C)cn2)c1OC. The van der Waals surface area contributed by atoms with Crippen LogP contribution in [0.3, 0.4) is 0 Å². The third kappa shape index (κ3) is 5.92. The smallest absolute Gasteiger partial charge is 0.233 e. The van der Waals surface area contributed by atoms with E-state index in [-0.39, 0.29) is 40.7 Å². The summed E-state index contributed by atoms with van der Waals surface area (Å²) in [6.45, 7) is 1.07. The van der Waals surface area contributed by atoms with Crippen LogP contribution in [0.15, 0.2) is 36.8 Å². The normalized spacial score (nSPS) is 10.8. The van der Waals surface area contributed by atoms with E-state index in [9.17, 15) is 22.8 Å². The van der Waals surface area contributed by atoms with Crippen LogP contribution in [0.5, 0.6) is 5.75 Å². The van der Waals surface area contributed by atoms with Crippen molar-refractivity contribution in [1.29, 1.82) is 0 Å². The van der Waals surface area contributed by atoms with E-state index >= 15 is 0 Å². The molecule has 2 heterocycles. The molecule has 0 unspecified atom stereocenters. The highest BCUT2D eigenvalue weighted by Crippen LogP contribution is 2.39. The van der Waals surface area contributed by atoms with E-state index in [4.69, 9.17) is 4.74 Å². The Bertz CT molecular complexity index is 1220. The molecule has 0 bridgehead atoms. The van der Waals surface area contributed by atoms with Crippen molar-refractivity contribution in [2.24, 2.45) is 5.92 Å². The summed E-state index contributed by atoms with van der Waals surface area (Å²) in [6.07, 6.45) is 4.39. The Morgan fingerprint density at radius 2 is 1.77 bits per heavy atom. The Hall–Kier alpha value is -4.02. The highest BCUT2D eigenvalue weighted by atomic mass is 19.1. The number of methoxy groups -OCH3 is 1. The number of ether oxygens (including phenoxy) is 1. The van der Waals surface area contributed by atoms with Gasteiger partial charge in [0.25, 0.3) is 0 Å². The maximum atomic E-state index is 14.6.